The molecule has 2 aliphatic rings. The van der Waals surface area contributed by atoms with Crippen LogP contribution < -0.4 is 10.1 Å². The molecule has 4 nitrogen and oxygen atoms in total. The van der Waals surface area contributed by atoms with Crippen LogP contribution in [0.1, 0.15) is 11.1 Å². The van der Waals surface area contributed by atoms with Crippen molar-refractivity contribution in [2.75, 3.05) is 5.32 Å². The summed E-state index contributed by atoms with van der Waals surface area (Å²) in [5.74, 6) is -0.238. The molecule has 0 aromatic heterocycles. The Balaban J connectivity index is 2.24. The van der Waals surface area contributed by atoms with Gasteiger partial charge in [0, 0.05) is 22.4 Å². The molecular weight excluding hydrogens is 206 g/mol. The fraction of sp³-hybridized carbons (Fsp3) is 0. The Morgan fingerprint density at radius 2 is 1.81 bits per heavy atom. The number of ether oxygens (including phenoxy) is 1. The quantitative estimate of drug-likeness (QED) is 0.404. The molecule has 0 aliphatic carbocycles. The minimum absolute atomic E-state index is 0.226. The second-order valence-corrected chi connectivity index (χ2v) is 3.69. The summed E-state index contributed by atoms with van der Waals surface area (Å²) in [6.07, 6.45) is 0. The largest absolute Gasteiger partial charge is 0.422 e. The van der Waals surface area contributed by atoms with Crippen molar-refractivity contribution in [3.63, 3.8) is 0 Å². The van der Waals surface area contributed by atoms with Crippen LogP contribution in [0, 0.1) is 0 Å². The van der Waals surface area contributed by atoms with E-state index in [-0.39, 0.29) is 5.91 Å². The van der Waals surface area contributed by atoms with Crippen molar-refractivity contribution < 1.29 is 14.3 Å². The summed E-state index contributed by atoms with van der Waals surface area (Å²) in [6, 6.07) is 3.33. The lowest BCUT2D eigenvalue weighted by Crippen LogP contribution is -2.02. The van der Waals surface area contributed by atoms with Gasteiger partial charge in [-0.25, -0.2) is 4.79 Å². The average Bonchev–Trinajstić information content (AvgIpc) is 2.67. The normalized spacial score (nSPS) is 17.0. The molecule has 0 radical (unpaired) electrons. The Morgan fingerprint density at radius 3 is 2.56 bits per heavy atom. The van der Waals surface area contributed by atoms with Crippen LogP contribution in [0.15, 0.2) is 25.3 Å². The molecule has 0 saturated heterocycles. The number of carbonyl (C=O) groups excluding carboxylic acids is 2. The van der Waals surface area contributed by atoms with E-state index in [1.807, 2.05) is 0 Å². The summed E-state index contributed by atoms with van der Waals surface area (Å²) in [5.41, 5.74) is 2.63. The van der Waals surface area contributed by atoms with E-state index in [0.29, 0.717) is 33.7 Å². The second-order valence-electron chi connectivity index (χ2n) is 3.69. The first-order chi connectivity index (χ1) is 7.58. The van der Waals surface area contributed by atoms with Crippen LogP contribution in [0.4, 0.5) is 5.69 Å². The highest BCUT2D eigenvalue weighted by atomic mass is 16.5. The summed E-state index contributed by atoms with van der Waals surface area (Å²) in [5, 5.41) is 2.67. The van der Waals surface area contributed by atoms with E-state index in [0.717, 1.165) is 0 Å². The molecule has 4 heteroatoms. The van der Waals surface area contributed by atoms with Crippen LogP contribution >= 0.6 is 0 Å². The number of fused-ring (bicyclic) bond motifs is 2. The molecular formula is C12H7NO3. The molecule has 2 aliphatic heterocycles. The fourth-order valence-electron chi connectivity index (χ4n) is 1.84. The maximum absolute atomic E-state index is 11.4. The van der Waals surface area contributed by atoms with Crippen LogP contribution in [-0.2, 0) is 9.59 Å². The van der Waals surface area contributed by atoms with Gasteiger partial charge in [0.05, 0.1) is 5.57 Å². The first-order valence-corrected chi connectivity index (χ1v) is 4.68. The molecule has 1 aromatic rings. The standard InChI is InChI=1S/C12H7NO3/c1-5-7-4-10-8(6(2)12(15)16-10)3-9(7)13-11(5)14/h3-4H,1-2H2,(H,13,14). The van der Waals surface area contributed by atoms with Gasteiger partial charge in [-0.2, -0.15) is 0 Å². The Morgan fingerprint density at radius 1 is 1.06 bits per heavy atom. The molecule has 1 N–H and O–H groups in total. The summed E-state index contributed by atoms with van der Waals surface area (Å²) in [6.45, 7) is 7.30. The van der Waals surface area contributed by atoms with Crippen LogP contribution in [0.2, 0.25) is 0 Å². The number of amides is 1. The molecule has 16 heavy (non-hydrogen) atoms. The molecule has 0 unspecified atom stereocenters. The molecule has 0 bridgehead atoms. The highest BCUT2D eigenvalue weighted by Crippen LogP contribution is 2.41. The minimum Gasteiger partial charge on any atom is -0.422 e. The Hall–Kier alpha value is -2.36. The van der Waals surface area contributed by atoms with Crippen molar-refractivity contribution >= 4 is 28.7 Å². The monoisotopic (exact) mass is 213 g/mol. The smallest absolute Gasteiger partial charge is 0.343 e. The van der Waals surface area contributed by atoms with Gasteiger partial charge in [0.15, 0.2) is 0 Å². The van der Waals surface area contributed by atoms with Gasteiger partial charge in [-0.05, 0) is 12.1 Å². The van der Waals surface area contributed by atoms with Crippen molar-refractivity contribution in [3.05, 3.63) is 36.4 Å². The third-order valence-corrected chi connectivity index (χ3v) is 2.74. The predicted molar refractivity (Wildman–Crippen MR) is 58.8 cm³/mol. The van der Waals surface area contributed by atoms with Crippen molar-refractivity contribution in [3.8, 4) is 5.75 Å². The van der Waals surface area contributed by atoms with Gasteiger partial charge >= 0.3 is 5.97 Å². The minimum atomic E-state index is -0.449. The summed E-state index contributed by atoms with van der Waals surface area (Å²) < 4.78 is 5.01. The van der Waals surface area contributed by atoms with Gasteiger partial charge in [0.2, 0.25) is 0 Å². The van der Waals surface area contributed by atoms with E-state index >= 15 is 0 Å². The molecule has 3 rings (SSSR count). The third kappa shape index (κ3) is 0.930. The van der Waals surface area contributed by atoms with Gasteiger partial charge in [0.25, 0.3) is 5.91 Å². The number of anilines is 1. The SMILES string of the molecule is C=C1C(=O)Nc2cc3c(cc21)OC(=O)C3=C. The van der Waals surface area contributed by atoms with E-state index < -0.39 is 5.97 Å². The number of rotatable bonds is 0. The van der Waals surface area contributed by atoms with Crippen LogP contribution in [0.5, 0.6) is 5.75 Å². The number of hydrogen-bond acceptors (Lipinski definition) is 3. The maximum atomic E-state index is 11.4. The van der Waals surface area contributed by atoms with Gasteiger partial charge in [-0.3, -0.25) is 4.79 Å². The lowest BCUT2D eigenvalue weighted by atomic mass is 10.0. The number of benzene rings is 1. The first kappa shape index (κ1) is 8.91. The Labute approximate surface area is 91.2 Å². The van der Waals surface area contributed by atoms with E-state index in [2.05, 4.69) is 18.5 Å². The van der Waals surface area contributed by atoms with E-state index in [1.165, 1.54) is 0 Å². The Bertz CT molecular complexity index is 545. The lowest BCUT2D eigenvalue weighted by molar-refractivity contribution is -0.127. The summed E-state index contributed by atoms with van der Waals surface area (Å²) in [4.78, 5) is 22.6. The van der Waals surface area contributed by atoms with Gasteiger partial charge in [0.1, 0.15) is 5.75 Å². The Kier molecular flexibility index (Phi) is 1.45. The lowest BCUT2D eigenvalue weighted by Gasteiger charge is -2.01. The highest BCUT2D eigenvalue weighted by molar-refractivity contribution is 6.32. The highest BCUT2D eigenvalue weighted by Gasteiger charge is 2.31. The van der Waals surface area contributed by atoms with Crippen LogP contribution in [0.3, 0.4) is 0 Å². The number of esters is 1. The molecule has 1 amide bonds. The molecule has 0 saturated carbocycles. The molecule has 0 fully saturated rings. The maximum Gasteiger partial charge on any atom is 0.343 e. The molecule has 0 atom stereocenters. The third-order valence-electron chi connectivity index (χ3n) is 2.74. The average molecular weight is 213 g/mol. The zero-order chi connectivity index (χ0) is 11.4. The van der Waals surface area contributed by atoms with Gasteiger partial charge in [-0.1, -0.05) is 13.2 Å². The number of hydrogen-bond donors (Lipinski definition) is 1. The molecule has 78 valence electrons. The van der Waals surface area contributed by atoms with E-state index in [1.54, 1.807) is 12.1 Å². The summed E-state index contributed by atoms with van der Waals surface area (Å²) >= 11 is 0. The van der Waals surface area contributed by atoms with Crippen molar-refractivity contribution in [1.82, 2.24) is 0 Å². The zero-order valence-corrected chi connectivity index (χ0v) is 8.29. The van der Waals surface area contributed by atoms with Crippen molar-refractivity contribution in [1.29, 1.82) is 0 Å². The van der Waals surface area contributed by atoms with Crippen molar-refractivity contribution in [2.24, 2.45) is 0 Å². The molecule has 1 aromatic carbocycles. The molecule has 0 spiro atoms. The second kappa shape index (κ2) is 2.61. The van der Waals surface area contributed by atoms with Gasteiger partial charge < -0.3 is 10.1 Å². The van der Waals surface area contributed by atoms with Crippen LogP contribution in [-0.4, -0.2) is 11.9 Å². The van der Waals surface area contributed by atoms with Crippen molar-refractivity contribution in [2.45, 2.75) is 0 Å². The zero-order valence-electron chi connectivity index (χ0n) is 8.29. The van der Waals surface area contributed by atoms with Crippen LogP contribution in [0.25, 0.3) is 11.1 Å². The number of carbonyl (C=O) groups is 2. The molecule has 2 heterocycles. The van der Waals surface area contributed by atoms with E-state index in [9.17, 15) is 9.59 Å². The topological polar surface area (TPSA) is 55.4 Å². The predicted octanol–water partition coefficient (Wildman–Crippen LogP) is 1.58. The van der Waals surface area contributed by atoms with E-state index in [4.69, 9.17) is 4.74 Å². The summed E-state index contributed by atoms with van der Waals surface area (Å²) in [7, 11) is 0. The first-order valence-electron chi connectivity index (χ1n) is 4.68. The van der Waals surface area contributed by atoms with Gasteiger partial charge in [-0.15, -0.1) is 0 Å². The fourth-order valence-corrected chi connectivity index (χ4v) is 1.84. The number of nitrogens with one attached hydrogen (secondary N) is 1.